The molecule has 3 aliphatic rings. The minimum atomic E-state index is -0.409. The van der Waals surface area contributed by atoms with Gasteiger partial charge >= 0.3 is 11.9 Å². The minimum Gasteiger partial charge on any atom is -0.462 e. The number of fused-ring (bicyclic) bond motifs is 3. The van der Waals surface area contributed by atoms with E-state index in [1.54, 1.807) is 6.92 Å². The van der Waals surface area contributed by atoms with Crippen molar-refractivity contribution in [3.05, 3.63) is 16.0 Å². The molecule has 0 aromatic carbocycles. The lowest BCUT2D eigenvalue weighted by atomic mass is 9.86. The van der Waals surface area contributed by atoms with Gasteiger partial charge in [-0.3, -0.25) is 9.59 Å². The summed E-state index contributed by atoms with van der Waals surface area (Å²) in [5.74, 6) is 1.31. The first-order valence-electron chi connectivity index (χ1n) is 11.2. The van der Waals surface area contributed by atoms with Crippen molar-refractivity contribution < 1.29 is 23.9 Å². The highest BCUT2D eigenvalue weighted by molar-refractivity contribution is 7.17. The molecule has 7 heteroatoms. The largest absolute Gasteiger partial charge is 0.462 e. The third-order valence-corrected chi connectivity index (χ3v) is 8.09. The van der Waals surface area contributed by atoms with Gasteiger partial charge in [0.15, 0.2) is 6.61 Å². The highest BCUT2D eigenvalue weighted by atomic mass is 32.1. The summed E-state index contributed by atoms with van der Waals surface area (Å²) in [6, 6.07) is 0. The van der Waals surface area contributed by atoms with E-state index >= 15 is 0 Å². The number of ether oxygens (including phenoxy) is 2. The number of carbonyl (C=O) groups excluding carboxylic acids is 3. The van der Waals surface area contributed by atoms with Crippen LogP contribution in [-0.4, -0.2) is 31.1 Å². The molecule has 1 amide bonds. The van der Waals surface area contributed by atoms with Gasteiger partial charge in [-0.15, -0.1) is 11.3 Å². The zero-order valence-corrected chi connectivity index (χ0v) is 18.6. The molecule has 4 rings (SSSR count). The van der Waals surface area contributed by atoms with Gasteiger partial charge in [-0.1, -0.05) is 13.3 Å². The second kappa shape index (κ2) is 9.08. The summed E-state index contributed by atoms with van der Waals surface area (Å²) < 4.78 is 10.5. The lowest BCUT2D eigenvalue weighted by Gasteiger charge is -2.20. The van der Waals surface area contributed by atoms with Crippen molar-refractivity contribution in [3.63, 3.8) is 0 Å². The normalized spacial score (nSPS) is 26.9. The number of esters is 2. The van der Waals surface area contributed by atoms with Gasteiger partial charge in [0.05, 0.1) is 12.2 Å². The summed E-state index contributed by atoms with van der Waals surface area (Å²) in [6.07, 6.45) is 8.03. The third kappa shape index (κ3) is 4.56. The Hall–Kier alpha value is -1.89. The van der Waals surface area contributed by atoms with Crippen LogP contribution in [0, 0.1) is 23.7 Å². The summed E-state index contributed by atoms with van der Waals surface area (Å²) in [7, 11) is 0. The van der Waals surface area contributed by atoms with Gasteiger partial charge in [0.1, 0.15) is 5.00 Å². The van der Waals surface area contributed by atoms with Crippen LogP contribution in [0.3, 0.4) is 0 Å². The highest BCUT2D eigenvalue weighted by Crippen LogP contribution is 2.49. The summed E-state index contributed by atoms with van der Waals surface area (Å²) in [6.45, 7) is 3.93. The fourth-order valence-electron chi connectivity index (χ4n) is 5.47. The van der Waals surface area contributed by atoms with E-state index in [4.69, 9.17) is 9.47 Å². The van der Waals surface area contributed by atoms with Crippen molar-refractivity contribution in [2.24, 2.45) is 23.7 Å². The predicted molar refractivity (Wildman–Crippen MR) is 115 cm³/mol. The Labute approximate surface area is 181 Å². The summed E-state index contributed by atoms with van der Waals surface area (Å²) in [5, 5.41) is 3.31. The second-order valence-corrected chi connectivity index (χ2v) is 10.2. The maximum atomic E-state index is 12.5. The molecule has 4 atom stereocenters. The number of hydrogen-bond donors (Lipinski definition) is 1. The van der Waals surface area contributed by atoms with Gasteiger partial charge in [0.2, 0.25) is 0 Å². The molecule has 1 aromatic rings. The van der Waals surface area contributed by atoms with Gasteiger partial charge < -0.3 is 14.8 Å². The molecule has 0 spiro atoms. The zero-order chi connectivity index (χ0) is 21.3. The number of carbonyl (C=O) groups is 3. The molecule has 2 bridgehead atoms. The Morgan fingerprint density at radius 1 is 1.13 bits per heavy atom. The molecule has 164 valence electrons. The van der Waals surface area contributed by atoms with E-state index in [0.29, 0.717) is 34.7 Å². The minimum absolute atomic E-state index is 0.286. The van der Waals surface area contributed by atoms with Crippen LogP contribution in [0.4, 0.5) is 5.00 Å². The summed E-state index contributed by atoms with van der Waals surface area (Å²) >= 11 is 1.44. The van der Waals surface area contributed by atoms with Crippen molar-refractivity contribution in [3.8, 4) is 0 Å². The van der Waals surface area contributed by atoms with E-state index in [1.165, 1.54) is 30.6 Å². The van der Waals surface area contributed by atoms with E-state index in [0.717, 1.165) is 42.0 Å². The molecule has 1 N–H and O–H groups in total. The number of anilines is 1. The number of nitrogens with one attached hydrogen (secondary N) is 1. The first-order valence-corrected chi connectivity index (χ1v) is 12.0. The van der Waals surface area contributed by atoms with E-state index < -0.39 is 11.9 Å². The number of hydrogen-bond acceptors (Lipinski definition) is 6. The molecule has 1 heterocycles. The Bertz CT molecular complexity index is 832. The molecule has 0 saturated heterocycles. The maximum Gasteiger partial charge on any atom is 0.341 e. The van der Waals surface area contributed by atoms with Gasteiger partial charge in [0, 0.05) is 11.3 Å². The summed E-state index contributed by atoms with van der Waals surface area (Å²) in [4.78, 5) is 38.3. The molecular weight excluding hydrogens is 402 g/mol. The lowest BCUT2D eigenvalue weighted by molar-refractivity contribution is -0.148. The fraction of sp³-hybridized carbons (Fsp3) is 0.696. The predicted octanol–water partition coefficient (Wildman–Crippen LogP) is 4.36. The van der Waals surface area contributed by atoms with E-state index in [-0.39, 0.29) is 19.2 Å². The molecule has 30 heavy (non-hydrogen) atoms. The van der Waals surface area contributed by atoms with Crippen LogP contribution in [0.25, 0.3) is 0 Å². The van der Waals surface area contributed by atoms with Crippen molar-refractivity contribution in [2.75, 3.05) is 18.5 Å². The molecule has 1 aromatic heterocycles. The smallest absolute Gasteiger partial charge is 0.341 e. The molecule has 0 radical (unpaired) electrons. The zero-order valence-electron chi connectivity index (χ0n) is 17.8. The Balaban J connectivity index is 1.35. The fourth-order valence-corrected chi connectivity index (χ4v) is 6.88. The quantitative estimate of drug-likeness (QED) is 0.646. The molecule has 3 aliphatic carbocycles. The number of amides is 1. The molecule has 4 unspecified atom stereocenters. The third-order valence-electron chi connectivity index (χ3n) is 6.92. The molecule has 2 saturated carbocycles. The molecule has 6 nitrogen and oxygen atoms in total. The second-order valence-electron chi connectivity index (χ2n) is 9.12. The number of rotatable bonds is 7. The summed E-state index contributed by atoms with van der Waals surface area (Å²) in [5.41, 5.74) is 1.48. The van der Waals surface area contributed by atoms with Crippen molar-refractivity contribution in [1.29, 1.82) is 0 Å². The monoisotopic (exact) mass is 433 g/mol. The average Bonchev–Trinajstić information content (AvgIpc) is 3.40. The van der Waals surface area contributed by atoms with E-state index in [9.17, 15) is 14.4 Å². The average molecular weight is 434 g/mol. The van der Waals surface area contributed by atoms with Crippen molar-refractivity contribution in [1.82, 2.24) is 0 Å². The first kappa shape index (κ1) is 21.3. The molecule has 0 aliphatic heterocycles. The van der Waals surface area contributed by atoms with Crippen LogP contribution in [0.5, 0.6) is 0 Å². The maximum absolute atomic E-state index is 12.5. The van der Waals surface area contributed by atoms with Crippen molar-refractivity contribution >= 4 is 34.2 Å². The van der Waals surface area contributed by atoms with Crippen LogP contribution in [0.2, 0.25) is 0 Å². The van der Waals surface area contributed by atoms with Crippen LogP contribution in [-0.2, 0) is 31.9 Å². The Morgan fingerprint density at radius 3 is 2.67 bits per heavy atom. The Morgan fingerprint density at radius 2 is 1.97 bits per heavy atom. The van der Waals surface area contributed by atoms with Crippen molar-refractivity contribution in [2.45, 2.75) is 65.2 Å². The lowest BCUT2D eigenvalue weighted by Crippen LogP contribution is -2.23. The van der Waals surface area contributed by atoms with Gasteiger partial charge in [-0.05, 0) is 74.7 Å². The van der Waals surface area contributed by atoms with Crippen LogP contribution in [0.1, 0.15) is 73.2 Å². The topological polar surface area (TPSA) is 81.7 Å². The van der Waals surface area contributed by atoms with E-state index in [2.05, 4.69) is 12.2 Å². The van der Waals surface area contributed by atoms with Crippen LogP contribution in [0.15, 0.2) is 0 Å². The van der Waals surface area contributed by atoms with Gasteiger partial charge in [-0.25, -0.2) is 4.79 Å². The number of thiophene rings is 1. The first-order chi connectivity index (χ1) is 14.4. The SMILES string of the molecule is CCOC(=O)c1c(NC(=O)COC(=O)CC2CC3CCC2C3)sc2c1CCC(C)C2. The van der Waals surface area contributed by atoms with Gasteiger partial charge in [-0.2, -0.15) is 0 Å². The van der Waals surface area contributed by atoms with Crippen LogP contribution < -0.4 is 5.32 Å². The van der Waals surface area contributed by atoms with E-state index in [1.807, 2.05) is 0 Å². The molecular formula is C23H31NO5S. The molecule has 2 fully saturated rings. The Kier molecular flexibility index (Phi) is 6.46. The standard InChI is InChI=1S/C23H31NO5S/c1-3-28-23(27)21-17-7-4-13(2)8-18(17)30-22(21)24-19(25)12-29-20(26)11-16-10-14-5-6-15(16)9-14/h13-16H,3-12H2,1-2H3,(H,24,25). The van der Waals surface area contributed by atoms with Crippen LogP contribution >= 0.6 is 11.3 Å². The highest BCUT2D eigenvalue weighted by Gasteiger charge is 2.40. The van der Waals surface area contributed by atoms with Gasteiger partial charge in [0.25, 0.3) is 5.91 Å².